The molecule has 0 radical (unpaired) electrons. The van der Waals surface area contributed by atoms with Crippen LogP contribution in [-0.4, -0.2) is 28.9 Å². The minimum absolute atomic E-state index is 0.109. The number of piperidine rings is 1. The fourth-order valence-corrected chi connectivity index (χ4v) is 4.49. The van der Waals surface area contributed by atoms with Crippen molar-refractivity contribution < 1.29 is 4.79 Å². The lowest BCUT2D eigenvalue weighted by atomic mass is 9.96. The number of hydrogen-bond donors (Lipinski definition) is 1. The number of rotatable bonds is 3. The van der Waals surface area contributed by atoms with Gasteiger partial charge in [0.15, 0.2) is 0 Å². The maximum Gasteiger partial charge on any atom is 0.217 e. The molecule has 23 heavy (non-hydrogen) atoms. The highest BCUT2D eigenvalue weighted by Gasteiger charge is 2.40. The van der Waals surface area contributed by atoms with Crippen molar-refractivity contribution in [1.82, 2.24) is 10.2 Å². The van der Waals surface area contributed by atoms with Gasteiger partial charge in [-0.05, 0) is 48.1 Å². The van der Waals surface area contributed by atoms with Gasteiger partial charge in [-0.25, -0.2) is 0 Å². The first-order chi connectivity index (χ1) is 11.2. The minimum atomic E-state index is 0.109. The molecule has 2 aromatic carbocycles. The SMILES string of the molecule is CC(=O)NC1CC2CCC(C1)N2Cc1ccc2ccccc2c1. The second-order valence-electron chi connectivity index (χ2n) is 7.11. The molecule has 0 saturated carbocycles. The number of fused-ring (bicyclic) bond motifs is 3. The van der Waals surface area contributed by atoms with Crippen molar-refractivity contribution in [3.8, 4) is 0 Å². The zero-order valence-corrected chi connectivity index (χ0v) is 13.7. The molecule has 2 atom stereocenters. The van der Waals surface area contributed by atoms with Crippen LogP contribution < -0.4 is 5.32 Å². The molecule has 0 aromatic heterocycles. The van der Waals surface area contributed by atoms with Crippen LogP contribution in [0.1, 0.15) is 38.2 Å². The van der Waals surface area contributed by atoms with E-state index in [0.29, 0.717) is 18.1 Å². The highest BCUT2D eigenvalue weighted by molar-refractivity contribution is 5.83. The van der Waals surface area contributed by atoms with Crippen LogP contribution >= 0.6 is 0 Å². The first-order valence-electron chi connectivity index (χ1n) is 8.69. The molecule has 2 aliphatic rings. The number of amides is 1. The number of carbonyl (C=O) groups is 1. The van der Waals surface area contributed by atoms with E-state index < -0.39 is 0 Å². The zero-order chi connectivity index (χ0) is 15.8. The summed E-state index contributed by atoms with van der Waals surface area (Å²) in [7, 11) is 0. The third kappa shape index (κ3) is 2.98. The second-order valence-corrected chi connectivity index (χ2v) is 7.11. The number of nitrogens with zero attached hydrogens (tertiary/aromatic N) is 1. The lowest BCUT2D eigenvalue weighted by molar-refractivity contribution is -0.120. The van der Waals surface area contributed by atoms with Crippen molar-refractivity contribution in [1.29, 1.82) is 0 Å². The number of carbonyl (C=O) groups excluding carboxylic acids is 1. The molecule has 2 unspecified atom stereocenters. The van der Waals surface area contributed by atoms with E-state index in [1.165, 1.54) is 29.2 Å². The monoisotopic (exact) mass is 308 g/mol. The number of nitrogens with one attached hydrogen (secondary N) is 1. The van der Waals surface area contributed by atoms with Crippen LogP contribution in [0.4, 0.5) is 0 Å². The van der Waals surface area contributed by atoms with Gasteiger partial charge in [0, 0.05) is 31.6 Å². The van der Waals surface area contributed by atoms with Crippen LogP contribution in [-0.2, 0) is 11.3 Å². The van der Waals surface area contributed by atoms with Gasteiger partial charge in [-0.15, -0.1) is 0 Å². The van der Waals surface area contributed by atoms with Gasteiger partial charge >= 0.3 is 0 Å². The van der Waals surface area contributed by atoms with Crippen LogP contribution in [0.5, 0.6) is 0 Å². The average molecular weight is 308 g/mol. The van der Waals surface area contributed by atoms with E-state index >= 15 is 0 Å². The van der Waals surface area contributed by atoms with Gasteiger partial charge < -0.3 is 5.32 Å². The molecule has 0 spiro atoms. The van der Waals surface area contributed by atoms with Gasteiger partial charge in [-0.2, -0.15) is 0 Å². The summed E-state index contributed by atoms with van der Waals surface area (Å²) in [4.78, 5) is 14.0. The standard InChI is InChI=1S/C20H24N2O/c1-14(23)21-18-11-19-8-9-20(12-18)22(19)13-15-6-7-16-4-2-3-5-17(16)10-15/h2-7,10,18-20H,8-9,11-13H2,1H3,(H,21,23). The quantitative estimate of drug-likeness (QED) is 0.941. The van der Waals surface area contributed by atoms with Crippen LogP contribution in [0.2, 0.25) is 0 Å². The Labute approximate surface area is 137 Å². The van der Waals surface area contributed by atoms with Crippen molar-refractivity contribution in [3.63, 3.8) is 0 Å². The van der Waals surface area contributed by atoms with Crippen molar-refractivity contribution in [3.05, 3.63) is 48.0 Å². The van der Waals surface area contributed by atoms with Gasteiger partial charge in [0.05, 0.1) is 0 Å². The summed E-state index contributed by atoms with van der Waals surface area (Å²) in [6.07, 6.45) is 4.75. The van der Waals surface area contributed by atoms with Gasteiger partial charge in [0.25, 0.3) is 0 Å². The predicted octanol–water partition coefficient (Wildman–Crippen LogP) is 3.47. The van der Waals surface area contributed by atoms with E-state index in [9.17, 15) is 4.79 Å². The molecule has 3 heteroatoms. The Kier molecular flexibility index (Phi) is 3.82. The van der Waals surface area contributed by atoms with E-state index in [1.54, 1.807) is 6.92 Å². The van der Waals surface area contributed by atoms with Crippen LogP contribution in [0.3, 0.4) is 0 Å². The normalized spacial score (nSPS) is 27.3. The van der Waals surface area contributed by atoms with E-state index in [0.717, 1.165) is 19.4 Å². The van der Waals surface area contributed by atoms with Gasteiger partial charge in [-0.3, -0.25) is 9.69 Å². The minimum Gasteiger partial charge on any atom is -0.353 e. The molecule has 3 nitrogen and oxygen atoms in total. The molecule has 120 valence electrons. The Hall–Kier alpha value is -1.87. The Morgan fingerprint density at radius 1 is 1.09 bits per heavy atom. The Balaban J connectivity index is 1.49. The fraction of sp³-hybridized carbons (Fsp3) is 0.450. The highest BCUT2D eigenvalue weighted by Crippen LogP contribution is 2.37. The van der Waals surface area contributed by atoms with E-state index in [-0.39, 0.29) is 5.91 Å². The summed E-state index contributed by atoms with van der Waals surface area (Å²) in [5.74, 6) is 0.109. The fourth-order valence-electron chi connectivity index (χ4n) is 4.49. The molecule has 0 aliphatic carbocycles. The van der Waals surface area contributed by atoms with Gasteiger partial charge in [0.1, 0.15) is 0 Å². The smallest absolute Gasteiger partial charge is 0.217 e. The highest BCUT2D eigenvalue weighted by atomic mass is 16.1. The molecule has 1 amide bonds. The molecule has 2 bridgehead atoms. The Morgan fingerprint density at radius 3 is 2.48 bits per heavy atom. The van der Waals surface area contributed by atoms with Gasteiger partial charge in [-0.1, -0.05) is 36.4 Å². The second kappa shape index (κ2) is 5.97. The number of benzene rings is 2. The maximum absolute atomic E-state index is 11.3. The Morgan fingerprint density at radius 2 is 1.78 bits per heavy atom. The lowest BCUT2D eigenvalue weighted by Gasteiger charge is -2.39. The largest absolute Gasteiger partial charge is 0.353 e. The molecule has 2 saturated heterocycles. The summed E-state index contributed by atoms with van der Waals surface area (Å²) in [6, 6.07) is 17.0. The molecule has 2 aromatic rings. The zero-order valence-electron chi connectivity index (χ0n) is 13.7. The molecular formula is C20H24N2O. The first kappa shape index (κ1) is 14.7. The predicted molar refractivity (Wildman–Crippen MR) is 93.1 cm³/mol. The number of hydrogen-bond acceptors (Lipinski definition) is 2. The molecular weight excluding hydrogens is 284 g/mol. The van der Waals surface area contributed by atoms with Crippen LogP contribution in [0, 0.1) is 0 Å². The maximum atomic E-state index is 11.3. The van der Waals surface area contributed by atoms with Crippen molar-refractivity contribution >= 4 is 16.7 Å². The van der Waals surface area contributed by atoms with Crippen molar-refractivity contribution in [2.45, 2.75) is 57.3 Å². The topological polar surface area (TPSA) is 32.3 Å². The van der Waals surface area contributed by atoms with Crippen LogP contribution in [0.25, 0.3) is 10.8 Å². The first-order valence-corrected chi connectivity index (χ1v) is 8.69. The lowest BCUT2D eigenvalue weighted by Crippen LogP contribution is -2.49. The molecule has 1 N–H and O–H groups in total. The molecule has 4 rings (SSSR count). The van der Waals surface area contributed by atoms with Crippen molar-refractivity contribution in [2.24, 2.45) is 0 Å². The molecule has 2 heterocycles. The summed E-state index contributed by atoms with van der Waals surface area (Å²) < 4.78 is 0. The van der Waals surface area contributed by atoms with Crippen LogP contribution in [0.15, 0.2) is 42.5 Å². The summed E-state index contributed by atoms with van der Waals surface area (Å²) >= 11 is 0. The molecule has 2 fully saturated rings. The third-order valence-electron chi connectivity index (χ3n) is 5.47. The summed E-state index contributed by atoms with van der Waals surface area (Å²) in [5, 5.41) is 5.76. The Bertz CT molecular complexity index is 712. The summed E-state index contributed by atoms with van der Waals surface area (Å²) in [5.41, 5.74) is 1.40. The van der Waals surface area contributed by atoms with E-state index in [1.807, 2.05) is 0 Å². The van der Waals surface area contributed by atoms with E-state index in [4.69, 9.17) is 0 Å². The third-order valence-corrected chi connectivity index (χ3v) is 5.47. The van der Waals surface area contributed by atoms with E-state index in [2.05, 4.69) is 52.7 Å². The average Bonchev–Trinajstić information content (AvgIpc) is 2.77. The summed E-state index contributed by atoms with van der Waals surface area (Å²) in [6.45, 7) is 2.66. The molecule has 2 aliphatic heterocycles. The van der Waals surface area contributed by atoms with Gasteiger partial charge in [0.2, 0.25) is 5.91 Å². The van der Waals surface area contributed by atoms with Crippen molar-refractivity contribution in [2.75, 3.05) is 0 Å².